The second kappa shape index (κ2) is 14.0. The Morgan fingerprint density at radius 1 is 0.737 bits per heavy atom. The fourth-order valence-electron chi connectivity index (χ4n) is 3.02. The van der Waals surface area contributed by atoms with Crippen molar-refractivity contribution < 1.29 is 38.4 Å². The Hall–Kier alpha value is -4.95. The van der Waals surface area contributed by atoms with E-state index in [4.69, 9.17) is 24.1 Å². The van der Waals surface area contributed by atoms with E-state index in [0.717, 1.165) is 22.8 Å². The van der Waals surface area contributed by atoms with Crippen molar-refractivity contribution in [2.75, 3.05) is 19.8 Å². The molecule has 0 aliphatic rings. The molecule has 0 aliphatic heterocycles. The van der Waals surface area contributed by atoms with Gasteiger partial charge in [-0.05, 0) is 59.2 Å². The number of hydrogen-bond acceptors (Lipinski definition) is 8. The first-order chi connectivity index (χ1) is 18.4. The maximum absolute atomic E-state index is 12.2. The Morgan fingerprint density at radius 3 is 1.89 bits per heavy atom. The third kappa shape index (κ3) is 8.61. The summed E-state index contributed by atoms with van der Waals surface area (Å²) in [5, 5.41) is 8.94. The van der Waals surface area contributed by atoms with Crippen LogP contribution in [-0.2, 0) is 19.1 Å². The molecule has 0 fully saturated rings. The van der Waals surface area contributed by atoms with E-state index in [-0.39, 0.29) is 18.8 Å². The van der Waals surface area contributed by atoms with Gasteiger partial charge in [-0.3, -0.25) is 0 Å². The SMILES string of the molecule is C=CC(=O)OCCOc1ccc(OC(=O)/C=C/c2ccc(-c3ccc(OC(=O)C(=C)CO)cc3)cc2)cc1. The van der Waals surface area contributed by atoms with E-state index in [1.54, 1.807) is 54.6 Å². The van der Waals surface area contributed by atoms with Crippen LogP contribution in [0.3, 0.4) is 0 Å². The van der Waals surface area contributed by atoms with Gasteiger partial charge in [0.2, 0.25) is 0 Å². The quantitative estimate of drug-likeness (QED) is 0.163. The van der Waals surface area contributed by atoms with Crippen LogP contribution in [0.25, 0.3) is 17.2 Å². The molecule has 3 aromatic rings. The van der Waals surface area contributed by atoms with Gasteiger partial charge >= 0.3 is 17.9 Å². The molecule has 8 heteroatoms. The first kappa shape index (κ1) is 27.6. The number of ether oxygens (including phenoxy) is 4. The number of benzene rings is 3. The lowest BCUT2D eigenvalue weighted by atomic mass is 10.0. The van der Waals surface area contributed by atoms with Crippen molar-refractivity contribution in [3.05, 3.63) is 109 Å². The van der Waals surface area contributed by atoms with E-state index < -0.39 is 24.5 Å². The highest BCUT2D eigenvalue weighted by Crippen LogP contribution is 2.24. The molecule has 0 amide bonds. The summed E-state index contributed by atoms with van der Waals surface area (Å²) < 4.78 is 20.7. The fraction of sp³-hybridized carbons (Fsp3) is 0.100. The van der Waals surface area contributed by atoms with Gasteiger partial charge in [0, 0.05) is 12.2 Å². The minimum Gasteiger partial charge on any atom is -0.490 e. The molecular weight excluding hydrogens is 488 g/mol. The van der Waals surface area contributed by atoms with E-state index in [9.17, 15) is 14.4 Å². The van der Waals surface area contributed by atoms with Crippen LogP contribution in [0.1, 0.15) is 5.56 Å². The lowest BCUT2D eigenvalue weighted by Crippen LogP contribution is -2.12. The molecule has 0 aliphatic carbocycles. The maximum Gasteiger partial charge on any atom is 0.341 e. The minimum atomic E-state index is -0.679. The third-order valence-corrected chi connectivity index (χ3v) is 5.01. The van der Waals surface area contributed by atoms with Crippen LogP contribution in [0.4, 0.5) is 0 Å². The highest BCUT2D eigenvalue weighted by molar-refractivity contribution is 5.90. The van der Waals surface area contributed by atoms with Crippen LogP contribution < -0.4 is 14.2 Å². The van der Waals surface area contributed by atoms with E-state index in [0.29, 0.717) is 17.2 Å². The number of esters is 3. The number of carbonyl (C=O) groups excluding carboxylic acids is 3. The average molecular weight is 515 g/mol. The lowest BCUT2D eigenvalue weighted by Gasteiger charge is -2.07. The molecule has 0 heterocycles. The van der Waals surface area contributed by atoms with Crippen molar-refractivity contribution in [1.29, 1.82) is 0 Å². The molecule has 0 radical (unpaired) electrons. The smallest absolute Gasteiger partial charge is 0.341 e. The summed E-state index contributed by atoms with van der Waals surface area (Å²) in [6.07, 6.45) is 4.05. The first-order valence-electron chi connectivity index (χ1n) is 11.5. The normalized spacial score (nSPS) is 10.4. The fourth-order valence-corrected chi connectivity index (χ4v) is 3.02. The summed E-state index contributed by atoms with van der Waals surface area (Å²) in [6.45, 7) is 6.56. The van der Waals surface area contributed by atoms with Crippen molar-refractivity contribution >= 4 is 24.0 Å². The van der Waals surface area contributed by atoms with Crippen LogP contribution in [0.2, 0.25) is 0 Å². The van der Waals surface area contributed by atoms with Crippen molar-refractivity contribution in [2.24, 2.45) is 0 Å². The number of hydrogen-bond donors (Lipinski definition) is 1. The van der Waals surface area contributed by atoms with Crippen molar-refractivity contribution in [1.82, 2.24) is 0 Å². The van der Waals surface area contributed by atoms with E-state index in [1.807, 2.05) is 24.3 Å². The zero-order chi connectivity index (χ0) is 27.3. The van der Waals surface area contributed by atoms with Gasteiger partial charge in [-0.25, -0.2) is 14.4 Å². The second-order valence-corrected chi connectivity index (χ2v) is 7.74. The zero-order valence-corrected chi connectivity index (χ0v) is 20.5. The van der Waals surface area contributed by atoms with Crippen LogP contribution in [0.15, 0.2) is 104 Å². The largest absolute Gasteiger partial charge is 0.490 e. The Kier molecular flexibility index (Phi) is 10.2. The summed E-state index contributed by atoms with van der Waals surface area (Å²) in [6, 6.07) is 20.9. The van der Waals surface area contributed by atoms with Crippen LogP contribution in [-0.4, -0.2) is 42.8 Å². The summed E-state index contributed by atoms with van der Waals surface area (Å²) in [4.78, 5) is 34.8. The van der Waals surface area contributed by atoms with Gasteiger partial charge in [0.1, 0.15) is 30.5 Å². The summed E-state index contributed by atoms with van der Waals surface area (Å²) in [5.74, 6) is -0.484. The van der Waals surface area contributed by atoms with Gasteiger partial charge in [-0.15, -0.1) is 0 Å². The predicted octanol–water partition coefficient (Wildman–Crippen LogP) is 4.53. The molecule has 1 N–H and O–H groups in total. The molecule has 0 saturated carbocycles. The number of aliphatic hydroxyl groups is 1. The maximum atomic E-state index is 12.2. The Balaban J connectivity index is 1.48. The molecule has 194 valence electrons. The Morgan fingerprint density at radius 2 is 1.29 bits per heavy atom. The predicted molar refractivity (Wildman–Crippen MR) is 142 cm³/mol. The van der Waals surface area contributed by atoms with Gasteiger partial charge in [0.15, 0.2) is 0 Å². The van der Waals surface area contributed by atoms with Gasteiger partial charge in [-0.2, -0.15) is 0 Å². The molecule has 3 rings (SSSR count). The topological polar surface area (TPSA) is 108 Å². The number of aliphatic hydroxyl groups excluding tert-OH is 1. The van der Waals surface area contributed by atoms with Crippen molar-refractivity contribution in [3.8, 4) is 28.4 Å². The molecule has 0 saturated heterocycles. The van der Waals surface area contributed by atoms with Crippen LogP contribution in [0.5, 0.6) is 17.2 Å². The van der Waals surface area contributed by atoms with Gasteiger partial charge < -0.3 is 24.1 Å². The van der Waals surface area contributed by atoms with Crippen LogP contribution in [0, 0.1) is 0 Å². The van der Waals surface area contributed by atoms with Gasteiger partial charge in [0.05, 0.1) is 12.2 Å². The zero-order valence-electron chi connectivity index (χ0n) is 20.5. The molecule has 8 nitrogen and oxygen atoms in total. The Bertz CT molecular complexity index is 1300. The van der Waals surface area contributed by atoms with E-state index >= 15 is 0 Å². The molecule has 0 spiro atoms. The third-order valence-electron chi connectivity index (χ3n) is 5.01. The van der Waals surface area contributed by atoms with E-state index in [1.165, 1.54) is 6.08 Å². The summed E-state index contributed by atoms with van der Waals surface area (Å²) >= 11 is 0. The lowest BCUT2D eigenvalue weighted by molar-refractivity contribution is -0.138. The number of carbonyl (C=O) groups is 3. The van der Waals surface area contributed by atoms with Gasteiger partial charge in [0.25, 0.3) is 0 Å². The highest BCUT2D eigenvalue weighted by Gasteiger charge is 2.09. The number of rotatable bonds is 12. The molecule has 3 aromatic carbocycles. The molecule has 0 bridgehead atoms. The molecule has 38 heavy (non-hydrogen) atoms. The summed E-state index contributed by atoms with van der Waals surface area (Å²) in [7, 11) is 0. The standard InChI is InChI=1S/C30H26O8/c1-3-28(32)36-19-18-35-25-13-15-26(16-14-25)37-29(33)17-6-22-4-7-23(8-5-22)24-9-11-27(12-10-24)38-30(34)21(2)20-31/h3-17,31H,1-2,18-20H2/b17-6+. The first-order valence-corrected chi connectivity index (χ1v) is 11.5. The second-order valence-electron chi connectivity index (χ2n) is 7.74. The van der Waals surface area contributed by atoms with Gasteiger partial charge in [-0.1, -0.05) is 49.6 Å². The minimum absolute atomic E-state index is 0.0217. The van der Waals surface area contributed by atoms with Crippen molar-refractivity contribution in [3.63, 3.8) is 0 Å². The van der Waals surface area contributed by atoms with E-state index in [2.05, 4.69) is 13.2 Å². The highest BCUT2D eigenvalue weighted by atomic mass is 16.6. The molecular formula is C30H26O8. The molecule has 0 atom stereocenters. The Labute approximate surface area is 220 Å². The molecule has 0 aromatic heterocycles. The monoisotopic (exact) mass is 514 g/mol. The van der Waals surface area contributed by atoms with Crippen molar-refractivity contribution in [2.45, 2.75) is 0 Å². The van der Waals surface area contributed by atoms with Crippen LogP contribution >= 0.6 is 0 Å². The average Bonchev–Trinajstić information content (AvgIpc) is 2.95. The molecule has 0 unspecified atom stereocenters. The summed E-state index contributed by atoms with van der Waals surface area (Å²) in [5.41, 5.74) is 2.63.